The van der Waals surface area contributed by atoms with Crippen LogP contribution in [0.3, 0.4) is 0 Å². The molecule has 0 aliphatic carbocycles. The summed E-state index contributed by atoms with van der Waals surface area (Å²) in [7, 11) is 1.80. The van der Waals surface area contributed by atoms with Crippen molar-refractivity contribution in [2.75, 3.05) is 26.7 Å². The van der Waals surface area contributed by atoms with Crippen molar-refractivity contribution in [2.24, 2.45) is 4.99 Å². The highest BCUT2D eigenvalue weighted by Gasteiger charge is 2.19. The van der Waals surface area contributed by atoms with Crippen LogP contribution in [0.25, 0.3) is 0 Å². The van der Waals surface area contributed by atoms with Gasteiger partial charge in [-0.25, -0.2) is 0 Å². The lowest BCUT2D eigenvalue weighted by Gasteiger charge is -2.32. The average molecular weight is 279 g/mol. The summed E-state index contributed by atoms with van der Waals surface area (Å²) >= 11 is 0. The number of nitrogens with one attached hydrogen (secondary N) is 2. The first kappa shape index (κ1) is 14.8. The van der Waals surface area contributed by atoms with Crippen LogP contribution >= 0.6 is 0 Å². The van der Waals surface area contributed by atoms with E-state index in [4.69, 9.17) is 4.52 Å². The fourth-order valence-corrected chi connectivity index (χ4v) is 2.51. The van der Waals surface area contributed by atoms with E-state index in [0.717, 1.165) is 11.7 Å². The van der Waals surface area contributed by atoms with Gasteiger partial charge in [0.2, 0.25) is 0 Å². The van der Waals surface area contributed by atoms with E-state index in [1.54, 1.807) is 13.3 Å². The fourth-order valence-electron chi connectivity index (χ4n) is 2.51. The van der Waals surface area contributed by atoms with E-state index < -0.39 is 0 Å². The van der Waals surface area contributed by atoms with Gasteiger partial charge in [0.15, 0.2) is 5.96 Å². The van der Waals surface area contributed by atoms with Gasteiger partial charge in [-0.1, -0.05) is 12.1 Å². The number of guanidine groups is 1. The molecule has 0 bridgehead atoms. The molecule has 0 atom stereocenters. The number of rotatable bonds is 5. The molecular weight excluding hydrogens is 254 g/mol. The van der Waals surface area contributed by atoms with E-state index >= 15 is 0 Å². The van der Waals surface area contributed by atoms with Crippen LogP contribution in [0, 0.1) is 0 Å². The molecule has 1 aromatic heterocycles. The molecule has 2 heterocycles. The lowest BCUT2D eigenvalue weighted by Crippen LogP contribution is -2.48. The Balaban J connectivity index is 1.71. The molecule has 1 aliphatic rings. The van der Waals surface area contributed by atoms with Crippen LogP contribution in [0.2, 0.25) is 0 Å². The maximum atomic E-state index is 4.81. The van der Waals surface area contributed by atoms with Gasteiger partial charge >= 0.3 is 0 Å². The van der Waals surface area contributed by atoms with Crippen molar-refractivity contribution >= 4 is 5.96 Å². The molecule has 6 heteroatoms. The van der Waals surface area contributed by atoms with Crippen molar-refractivity contribution < 1.29 is 4.52 Å². The number of nitrogens with zero attached hydrogens (tertiary/aromatic N) is 3. The third kappa shape index (κ3) is 4.52. The second-order valence-electron chi connectivity index (χ2n) is 5.18. The van der Waals surface area contributed by atoms with Gasteiger partial charge < -0.3 is 20.1 Å². The van der Waals surface area contributed by atoms with Crippen LogP contribution < -0.4 is 10.6 Å². The Morgan fingerprint density at radius 2 is 2.30 bits per heavy atom. The van der Waals surface area contributed by atoms with Gasteiger partial charge in [-0.15, -0.1) is 0 Å². The monoisotopic (exact) mass is 279 g/mol. The quantitative estimate of drug-likeness (QED) is 0.626. The van der Waals surface area contributed by atoms with Crippen LogP contribution in [0.5, 0.6) is 0 Å². The lowest BCUT2D eigenvalue weighted by atomic mass is 10.1. The highest BCUT2D eigenvalue weighted by Crippen LogP contribution is 2.10. The summed E-state index contributed by atoms with van der Waals surface area (Å²) in [5.41, 5.74) is 0.880. The minimum atomic E-state index is 0.506. The molecule has 0 aromatic carbocycles. The molecule has 1 saturated heterocycles. The number of hydrogen-bond acceptors (Lipinski definition) is 4. The third-order valence-corrected chi connectivity index (χ3v) is 3.62. The molecule has 6 nitrogen and oxygen atoms in total. The Hall–Kier alpha value is -1.56. The zero-order valence-corrected chi connectivity index (χ0v) is 12.4. The van der Waals surface area contributed by atoms with Crippen molar-refractivity contribution in [2.45, 2.75) is 38.8 Å². The molecule has 0 amide bonds. The molecule has 0 spiro atoms. The zero-order valence-electron chi connectivity index (χ0n) is 12.4. The molecule has 1 aliphatic heterocycles. The number of hydrogen-bond donors (Lipinski definition) is 2. The number of aromatic nitrogens is 1. The molecule has 20 heavy (non-hydrogen) atoms. The first-order valence-electron chi connectivity index (χ1n) is 7.40. The molecule has 1 aromatic rings. The predicted octanol–water partition coefficient (Wildman–Crippen LogP) is 1.21. The standard InChI is InChI=1S/C14H25N5O/c1-3-7-19-8-4-12(5-9-19)17-14(15-2)16-11-13-6-10-20-18-13/h6,10,12H,3-5,7-9,11H2,1-2H3,(H2,15,16,17). The Kier molecular flexibility index (Phi) is 5.86. The summed E-state index contributed by atoms with van der Waals surface area (Å²) in [4.78, 5) is 6.79. The van der Waals surface area contributed by atoms with E-state index in [1.807, 2.05) is 6.07 Å². The molecule has 112 valence electrons. The normalized spacial score (nSPS) is 18.2. The summed E-state index contributed by atoms with van der Waals surface area (Å²) < 4.78 is 4.81. The number of likely N-dealkylation sites (tertiary alicyclic amines) is 1. The van der Waals surface area contributed by atoms with Crippen LogP contribution in [-0.4, -0.2) is 48.7 Å². The Labute approximate surface area is 120 Å². The molecule has 0 saturated carbocycles. The van der Waals surface area contributed by atoms with Crippen LogP contribution in [0.15, 0.2) is 21.8 Å². The zero-order chi connectivity index (χ0) is 14.2. The first-order chi connectivity index (χ1) is 9.81. The molecular formula is C14H25N5O. The van der Waals surface area contributed by atoms with Gasteiger partial charge in [0, 0.05) is 32.2 Å². The van der Waals surface area contributed by atoms with Crippen molar-refractivity contribution in [3.8, 4) is 0 Å². The maximum Gasteiger partial charge on any atom is 0.191 e. The lowest BCUT2D eigenvalue weighted by molar-refractivity contribution is 0.206. The molecule has 2 N–H and O–H groups in total. The summed E-state index contributed by atoms with van der Waals surface area (Å²) in [5.74, 6) is 0.835. The minimum Gasteiger partial charge on any atom is -0.364 e. The Morgan fingerprint density at radius 1 is 1.50 bits per heavy atom. The van der Waals surface area contributed by atoms with Crippen molar-refractivity contribution in [1.82, 2.24) is 20.7 Å². The fraction of sp³-hybridized carbons (Fsp3) is 0.714. The summed E-state index contributed by atoms with van der Waals surface area (Å²) in [5, 5.41) is 10.6. The smallest absolute Gasteiger partial charge is 0.191 e. The van der Waals surface area contributed by atoms with Crippen molar-refractivity contribution in [1.29, 1.82) is 0 Å². The summed E-state index contributed by atoms with van der Waals surface area (Å²) in [6, 6.07) is 2.36. The van der Waals surface area contributed by atoms with E-state index in [0.29, 0.717) is 12.6 Å². The number of piperidine rings is 1. The van der Waals surface area contributed by atoms with Gasteiger partial charge in [0.1, 0.15) is 12.0 Å². The average Bonchev–Trinajstić information content (AvgIpc) is 2.99. The predicted molar refractivity (Wildman–Crippen MR) is 79.6 cm³/mol. The van der Waals surface area contributed by atoms with Gasteiger partial charge in [0.25, 0.3) is 0 Å². The molecule has 0 unspecified atom stereocenters. The largest absolute Gasteiger partial charge is 0.364 e. The van der Waals surface area contributed by atoms with Crippen LogP contribution in [0.1, 0.15) is 31.9 Å². The topological polar surface area (TPSA) is 65.7 Å². The highest BCUT2D eigenvalue weighted by molar-refractivity contribution is 5.79. The molecule has 2 rings (SSSR count). The van der Waals surface area contributed by atoms with Gasteiger partial charge in [-0.2, -0.15) is 0 Å². The Morgan fingerprint density at radius 3 is 2.90 bits per heavy atom. The Bertz CT molecular complexity index is 396. The van der Waals surface area contributed by atoms with Crippen LogP contribution in [-0.2, 0) is 6.54 Å². The number of aliphatic imine (C=N–C) groups is 1. The van der Waals surface area contributed by atoms with Crippen LogP contribution in [0.4, 0.5) is 0 Å². The SMILES string of the molecule is CCCN1CCC(NC(=NC)NCc2ccon2)CC1. The van der Waals surface area contributed by atoms with Gasteiger partial charge in [0.05, 0.1) is 6.54 Å². The second-order valence-corrected chi connectivity index (χ2v) is 5.18. The van der Waals surface area contributed by atoms with Gasteiger partial charge in [-0.05, 0) is 25.8 Å². The van der Waals surface area contributed by atoms with Crippen molar-refractivity contribution in [3.05, 3.63) is 18.0 Å². The van der Waals surface area contributed by atoms with Gasteiger partial charge in [-0.3, -0.25) is 4.99 Å². The van der Waals surface area contributed by atoms with E-state index in [9.17, 15) is 0 Å². The van der Waals surface area contributed by atoms with Crippen molar-refractivity contribution in [3.63, 3.8) is 0 Å². The van der Waals surface area contributed by atoms with E-state index in [-0.39, 0.29) is 0 Å². The summed E-state index contributed by atoms with van der Waals surface area (Å²) in [6.45, 7) is 6.42. The molecule has 1 fully saturated rings. The first-order valence-corrected chi connectivity index (χ1v) is 7.40. The molecule has 0 radical (unpaired) electrons. The minimum absolute atomic E-state index is 0.506. The maximum absolute atomic E-state index is 4.81. The third-order valence-electron chi connectivity index (χ3n) is 3.62. The summed E-state index contributed by atoms with van der Waals surface area (Å²) in [6.07, 6.45) is 5.16. The van der Waals surface area contributed by atoms with E-state index in [2.05, 4.69) is 32.6 Å². The highest BCUT2D eigenvalue weighted by atomic mass is 16.5. The second kappa shape index (κ2) is 7.89. The van der Waals surface area contributed by atoms with E-state index in [1.165, 1.54) is 38.9 Å².